The lowest BCUT2D eigenvalue weighted by Gasteiger charge is -2.04. The van der Waals surface area contributed by atoms with Crippen LogP contribution in [0.2, 0.25) is 0 Å². The van der Waals surface area contributed by atoms with Crippen molar-refractivity contribution in [2.45, 2.75) is 6.42 Å². The number of benzene rings is 1. The number of carbonyl (C=O) groups is 1. The molecule has 116 valence electrons. The standard InChI is InChI=1S/C15H11FN4O2S/c16-10-3-1-9(2-4-10)7-14-11(5-6-23-14)12(21)8-13(22)15-17-19-20-18-15/h1-6,8,21H,7H2,(H,17,18,19,20). The molecule has 0 unspecified atom stereocenters. The molecule has 3 rings (SSSR count). The molecule has 2 aromatic heterocycles. The molecule has 2 N–H and O–H groups in total. The van der Waals surface area contributed by atoms with E-state index >= 15 is 0 Å². The van der Waals surface area contributed by atoms with E-state index < -0.39 is 5.78 Å². The normalized spacial score (nSPS) is 11.6. The number of thiophene rings is 1. The number of aromatic amines is 1. The number of tetrazole rings is 1. The van der Waals surface area contributed by atoms with Gasteiger partial charge < -0.3 is 5.11 Å². The highest BCUT2D eigenvalue weighted by Gasteiger charge is 2.14. The molecule has 0 bridgehead atoms. The smallest absolute Gasteiger partial charge is 0.244 e. The van der Waals surface area contributed by atoms with Gasteiger partial charge in [0.1, 0.15) is 11.6 Å². The number of ketones is 1. The Morgan fingerprint density at radius 2 is 2.09 bits per heavy atom. The fourth-order valence-corrected chi connectivity index (χ4v) is 2.94. The summed E-state index contributed by atoms with van der Waals surface area (Å²) in [4.78, 5) is 12.7. The summed E-state index contributed by atoms with van der Waals surface area (Å²) in [5, 5.41) is 24.6. The van der Waals surface area contributed by atoms with Gasteiger partial charge in [0, 0.05) is 22.9 Å². The molecule has 6 nitrogen and oxygen atoms in total. The average molecular weight is 330 g/mol. The number of nitrogens with one attached hydrogen (secondary N) is 1. The summed E-state index contributed by atoms with van der Waals surface area (Å²) in [6.45, 7) is 0. The van der Waals surface area contributed by atoms with Crippen LogP contribution in [-0.2, 0) is 6.42 Å². The maximum atomic E-state index is 12.9. The Morgan fingerprint density at radius 3 is 2.78 bits per heavy atom. The van der Waals surface area contributed by atoms with Crippen LogP contribution in [0.4, 0.5) is 4.39 Å². The highest BCUT2D eigenvalue weighted by Crippen LogP contribution is 2.26. The number of halogens is 1. The van der Waals surface area contributed by atoms with E-state index in [1.54, 1.807) is 18.2 Å². The Labute approximate surface area is 134 Å². The molecule has 23 heavy (non-hydrogen) atoms. The van der Waals surface area contributed by atoms with Gasteiger partial charge in [0.05, 0.1) is 0 Å². The third-order valence-corrected chi connectivity index (χ3v) is 4.05. The molecule has 0 aliphatic carbocycles. The molecule has 0 radical (unpaired) electrons. The summed E-state index contributed by atoms with van der Waals surface area (Å²) in [7, 11) is 0. The molecule has 0 aliphatic rings. The quantitative estimate of drug-likeness (QED) is 0.426. The van der Waals surface area contributed by atoms with Gasteiger partial charge in [-0.3, -0.25) is 4.79 Å². The molecule has 8 heteroatoms. The van der Waals surface area contributed by atoms with E-state index in [-0.39, 0.29) is 17.4 Å². The van der Waals surface area contributed by atoms with E-state index in [2.05, 4.69) is 20.6 Å². The summed E-state index contributed by atoms with van der Waals surface area (Å²) in [6, 6.07) is 7.86. The van der Waals surface area contributed by atoms with Crippen molar-refractivity contribution in [2.75, 3.05) is 0 Å². The minimum absolute atomic E-state index is 0.119. The van der Waals surface area contributed by atoms with E-state index in [1.165, 1.54) is 23.5 Å². The predicted octanol–water partition coefficient (Wildman–Crippen LogP) is 2.77. The topological polar surface area (TPSA) is 91.8 Å². The van der Waals surface area contributed by atoms with Crippen molar-refractivity contribution in [3.05, 3.63) is 69.4 Å². The van der Waals surface area contributed by atoms with Crippen molar-refractivity contribution >= 4 is 22.9 Å². The molecular weight excluding hydrogens is 319 g/mol. The summed E-state index contributed by atoms with van der Waals surface area (Å²) in [5.74, 6) is -1.13. The third-order valence-electron chi connectivity index (χ3n) is 3.13. The van der Waals surface area contributed by atoms with Crippen molar-refractivity contribution in [3.8, 4) is 0 Å². The van der Waals surface area contributed by atoms with Crippen molar-refractivity contribution in [1.82, 2.24) is 20.6 Å². The molecule has 0 aliphatic heterocycles. The van der Waals surface area contributed by atoms with E-state index in [0.717, 1.165) is 16.5 Å². The minimum Gasteiger partial charge on any atom is -0.507 e. The highest BCUT2D eigenvalue weighted by atomic mass is 32.1. The zero-order chi connectivity index (χ0) is 16.2. The van der Waals surface area contributed by atoms with Crippen molar-refractivity contribution in [2.24, 2.45) is 0 Å². The van der Waals surface area contributed by atoms with Crippen LogP contribution in [0, 0.1) is 5.82 Å². The molecule has 0 saturated heterocycles. The number of carbonyl (C=O) groups excluding carboxylic acids is 1. The van der Waals surface area contributed by atoms with Gasteiger partial charge in [0.15, 0.2) is 0 Å². The molecule has 0 atom stereocenters. The molecule has 0 saturated carbocycles. The van der Waals surface area contributed by atoms with Crippen LogP contribution < -0.4 is 0 Å². The van der Waals surface area contributed by atoms with Gasteiger partial charge in [-0.05, 0) is 34.4 Å². The van der Waals surface area contributed by atoms with Gasteiger partial charge in [0.25, 0.3) is 0 Å². The summed E-state index contributed by atoms with van der Waals surface area (Å²) in [5.41, 5.74) is 1.46. The fraction of sp³-hybridized carbons (Fsp3) is 0.0667. The predicted molar refractivity (Wildman–Crippen MR) is 82.6 cm³/mol. The van der Waals surface area contributed by atoms with Crippen LogP contribution in [0.15, 0.2) is 41.8 Å². The van der Waals surface area contributed by atoms with Crippen molar-refractivity contribution < 1.29 is 14.3 Å². The Kier molecular flexibility index (Phi) is 4.24. The number of aliphatic hydroxyl groups is 1. The number of allylic oxidation sites excluding steroid dienone is 1. The molecule has 0 amide bonds. The van der Waals surface area contributed by atoms with Crippen LogP contribution in [0.25, 0.3) is 5.76 Å². The Morgan fingerprint density at radius 1 is 1.30 bits per heavy atom. The number of hydrogen-bond acceptors (Lipinski definition) is 6. The minimum atomic E-state index is -0.546. The second-order valence-electron chi connectivity index (χ2n) is 4.69. The number of nitrogens with zero attached hydrogens (tertiary/aromatic N) is 3. The van der Waals surface area contributed by atoms with E-state index in [4.69, 9.17) is 0 Å². The van der Waals surface area contributed by atoms with Gasteiger partial charge in [0.2, 0.25) is 11.6 Å². The second kappa shape index (κ2) is 6.49. The van der Waals surface area contributed by atoms with E-state index in [9.17, 15) is 14.3 Å². The third kappa shape index (κ3) is 3.49. The molecule has 1 aromatic carbocycles. The zero-order valence-corrected chi connectivity index (χ0v) is 12.5. The largest absolute Gasteiger partial charge is 0.507 e. The first kappa shape index (κ1) is 15.0. The maximum Gasteiger partial charge on any atom is 0.244 e. The van der Waals surface area contributed by atoms with Gasteiger partial charge in [-0.1, -0.05) is 12.1 Å². The van der Waals surface area contributed by atoms with Crippen molar-refractivity contribution in [1.29, 1.82) is 0 Å². The highest BCUT2D eigenvalue weighted by molar-refractivity contribution is 7.10. The second-order valence-corrected chi connectivity index (χ2v) is 5.69. The number of rotatable bonds is 5. The molecular formula is C15H11FN4O2S. The number of aromatic nitrogens is 4. The van der Waals surface area contributed by atoms with Crippen LogP contribution in [0.3, 0.4) is 0 Å². The molecule has 3 aromatic rings. The lowest BCUT2D eigenvalue weighted by Crippen LogP contribution is -2.00. The van der Waals surface area contributed by atoms with Crippen LogP contribution in [0.1, 0.15) is 26.6 Å². The lowest BCUT2D eigenvalue weighted by molar-refractivity contribution is 0.103. The first-order valence-electron chi connectivity index (χ1n) is 6.63. The number of H-pyrrole nitrogens is 1. The first-order valence-corrected chi connectivity index (χ1v) is 7.51. The van der Waals surface area contributed by atoms with E-state index in [1.807, 2.05) is 5.38 Å². The van der Waals surface area contributed by atoms with Crippen LogP contribution in [0.5, 0.6) is 0 Å². The lowest BCUT2D eigenvalue weighted by atomic mass is 10.1. The van der Waals surface area contributed by atoms with Gasteiger partial charge in [-0.25, -0.2) is 4.39 Å². The Balaban J connectivity index is 1.82. The van der Waals surface area contributed by atoms with Crippen molar-refractivity contribution in [3.63, 3.8) is 0 Å². The number of aliphatic hydroxyl groups excluding tert-OH is 1. The SMILES string of the molecule is O=C(C=C(O)c1ccsc1Cc1ccc(F)cc1)c1nn[nH]n1. The average Bonchev–Trinajstić information content (AvgIpc) is 3.20. The Hall–Kier alpha value is -2.87. The molecule has 2 heterocycles. The summed E-state index contributed by atoms with van der Waals surface area (Å²) >= 11 is 1.45. The summed E-state index contributed by atoms with van der Waals surface area (Å²) in [6.07, 6.45) is 1.59. The monoisotopic (exact) mass is 330 g/mol. The van der Waals surface area contributed by atoms with E-state index in [0.29, 0.717) is 12.0 Å². The van der Waals surface area contributed by atoms with Crippen LogP contribution in [-0.4, -0.2) is 31.5 Å². The van der Waals surface area contributed by atoms with Gasteiger partial charge in [-0.15, -0.1) is 21.5 Å². The maximum absolute atomic E-state index is 12.9. The molecule has 0 fully saturated rings. The number of hydrogen-bond donors (Lipinski definition) is 2. The van der Waals surface area contributed by atoms with Crippen LogP contribution >= 0.6 is 11.3 Å². The fourth-order valence-electron chi connectivity index (χ4n) is 2.03. The van der Waals surface area contributed by atoms with Gasteiger partial charge in [-0.2, -0.15) is 5.21 Å². The Bertz CT molecular complexity index is 841. The first-order chi connectivity index (χ1) is 11.1. The van der Waals surface area contributed by atoms with Gasteiger partial charge >= 0.3 is 0 Å². The molecule has 0 spiro atoms. The zero-order valence-electron chi connectivity index (χ0n) is 11.7. The summed E-state index contributed by atoms with van der Waals surface area (Å²) < 4.78 is 12.9.